The van der Waals surface area contributed by atoms with Crippen LogP contribution in [0.15, 0.2) is 30.7 Å². The summed E-state index contributed by atoms with van der Waals surface area (Å²) in [6, 6.07) is 4.05. The molecule has 0 spiro atoms. The molecule has 31 heavy (non-hydrogen) atoms. The molecule has 3 aromatic rings. The van der Waals surface area contributed by atoms with Crippen molar-refractivity contribution < 1.29 is 17.2 Å². The van der Waals surface area contributed by atoms with E-state index in [1.807, 2.05) is 4.90 Å². The van der Waals surface area contributed by atoms with Gasteiger partial charge >= 0.3 is 0 Å². The van der Waals surface area contributed by atoms with Crippen LogP contribution in [-0.2, 0) is 10.0 Å². The summed E-state index contributed by atoms with van der Waals surface area (Å²) in [7, 11) is -3.33. The highest BCUT2D eigenvalue weighted by molar-refractivity contribution is 7.88. The number of anilines is 1. The van der Waals surface area contributed by atoms with Gasteiger partial charge in [-0.2, -0.15) is 5.10 Å². The molecular formula is C18H22F2N8O2S. The second-order valence-electron chi connectivity index (χ2n) is 7.42. The number of nitrogens with zero attached hydrogens (tertiary/aromatic N) is 6. The van der Waals surface area contributed by atoms with E-state index >= 15 is 0 Å². The van der Waals surface area contributed by atoms with Gasteiger partial charge < -0.3 is 10.2 Å². The lowest BCUT2D eigenvalue weighted by Crippen LogP contribution is -2.59. The van der Waals surface area contributed by atoms with E-state index in [0.29, 0.717) is 42.5 Å². The first-order valence-corrected chi connectivity index (χ1v) is 11.5. The zero-order valence-electron chi connectivity index (χ0n) is 16.9. The van der Waals surface area contributed by atoms with Crippen molar-refractivity contribution in [2.45, 2.75) is 25.4 Å². The number of halogens is 2. The first-order chi connectivity index (χ1) is 14.7. The molecule has 1 aliphatic rings. The van der Waals surface area contributed by atoms with Crippen molar-refractivity contribution in [3.05, 3.63) is 36.4 Å². The largest absolute Gasteiger partial charge is 0.354 e. The number of aromatic nitrogens is 5. The summed E-state index contributed by atoms with van der Waals surface area (Å²) < 4.78 is 53.2. The number of rotatable bonds is 6. The number of piperazine rings is 1. The van der Waals surface area contributed by atoms with Crippen LogP contribution in [0.25, 0.3) is 17.0 Å². The third kappa shape index (κ3) is 4.78. The van der Waals surface area contributed by atoms with Crippen molar-refractivity contribution >= 4 is 21.5 Å². The van der Waals surface area contributed by atoms with E-state index in [0.717, 1.165) is 6.26 Å². The van der Waals surface area contributed by atoms with Crippen LogP contribution in [0.5, 0.6) is 0 Å². The quantitative estimate of drug-likeness (QED) is 0.565. The normalized spacial score (nSPS) is 18.6. The van der Waals surface area contributed by atoms with Crippen LogP contribution in [0.4, 0.5) is 14.6 Å². The summed E-state index contributed by atoms with van der Waals surface area (Å²) in [6.45, 7) is 3.65. The van der Waals surface area contributed by atoms with Crippen LogP contribution in [0.2, 0.25) is 0 Å². The van der Waals surface area contributed by atoms with Gasteiger partial charge in [0.2, 0.25) is 10.0 Å². The van der Waals surface area contributed by atoms with Gasteiger partial charge in [0.25, 0.3) is 6.43 Å². The van der Waals surface area contributed by atoms with Crippen molar-refractivity contribution in [1.82, 2.24) is 34.6 Å². The molecule has 2 unspecified atom stereocenters. The molecule has 2 N–H and O–H groups in total. The summed E-state index contributed by atoms with van der Waals surface area (Å²) in [5.41, 5.74) is 1.05. The standard InChI is InChI=1S/C18H22F2N8O2S/c1-11(26-31(2,29)30)14-9-27(6-5-21-14)17-7-13(23-10-24-17)15-8-22-16-4-3-12(18(19)20)25-28(15)16/h3-4,7-8,10-11,14,18,21,26H,5-6,9H2,1-2H3. The molecule has 1 fully saturated rings. The molecule has 1 saturated heterocycles. The topological polar surface area (TPSA) is 117 Å². The second-order valence-corrected chi connectivity index (χ2v) is 9.20. The number of imidazole rings is 1. The molecule has 0 aliphatic carbocycles. The number of hydrogen-bond donors (Lipinski definition) is 2. The lowest BCUT2D eigenvalue weighted by molar-refractivity contribution is 0.144. The lowest BCUT2D eigenvalue weighted by Gasteiger charge is -2.37. The Morgan fingerprint density at radius 3 is 2.81 bits per heavy atom. The van der Waals surface area contributed by atoms with Gasteiger partial charge in [-0.15, -0.1) is 0 Å². The van der Waals surface area contributed by atoms with Crippen molar-refractivity contribution in [2.75, 3.05) is 30.8 Å². The van der Waals surface area contributed by atoms with E-state index in [9.17, 15) is 17.2 Å². The van der Waals surface area contributed by atoms with Gasteiger partial charge in [0.15, 0.2) is 5.65 Å². The fourth-order valence-electron chi connectivity index (χ4n) is 3.58. The second kappa shape index (κ2) is 8.40. The van der Waals surface area contributed by atoms with E-state index < -0.39 is 16.4 Å². The molecule has 4 rings (SSSR count). The predicted molar refractivity (Wildman–Crippen MR) is 110 cm³/mol. The molecule has 13 heteroatoms. The number of hydrogen-bond acceptors (Lipinski definition) is 8. The van der Waals surface area contributed by atoms with Gasteiger partial charge in [-0.05, 0) is 19.1 Å². The maximum absolute atomic E-state index is 13.1. The molecule has 10 nitrogen and oxygen atoms in total. The number of alkyl halides is 2. The first kappa shape index (κ1) is 21.5. The molecule has 2 atom stereocenters. The van der Waals surface area contributed by atoms with E-state index in [4.69, 9.17) is 0 Å². The Balaban J connectivity index is 1.60. The third-order valence-corrected chi connectivity index (χ3v) is 5.85. The Morgan fingerprint density at radius 2 is 2.06 bits per heavy atom. The number of nitrogens with one attached hydrogen (secondary N) is 2. The maximum atomic E-state index is 13.1. The fourth-order valence-corrected chi connectivity index (χ4v) is 4.42. The van der Waals surface area contributed by atoms with Crippen molar-refractivity contribution in [3.63, 3.8) is 0 Å². The molecule has 0 radical (unpaired) electrons. The Kier molecular flexibility index (Phi) is 5.81. The molecule has 0 aromatic carbocycles. The van der Waals surface area contributed by atoms with Crippen molar-refractivity contribution in [2.24, 2.45) is 0 Å². The van der Waals surface area contributed by atoms with Crippen LogP contribution >= 0.6 is 0 Å². The van der Waals surface area contributed by atoms with Crippen LogP contribution in [0, 0.1) is 0 Å². The minimum Gasteiger partial charge on any atom is -0.354 e. The predicted octanol–water partition coefficient (Wildman–Crippen LogP) is 0.840. The monoisotopic (exact) mass is 452 g/mol. The smallest absolute Gasteiger partial charge is 0.282 e. The number of sulfonamides is 1. The molecule has 3 aromatic heterocycles. The van der Waals surface area contributed by atoms with E-state index in [1.165, 1.54) is 29.2 Å². The number of fused-ring (bicyclic) bond motifs is 1. The van der Waals surface area contributed by atoms with Gasteiger partial charge in [0.05, 0.1) is 18.1 Å². The minimum atomic E-state index is -3.33. The van der Waals surface area contributed by atoms with Gasteiger partial charge in [-0.3, -0.25) is 0 Å². The van der Waals surface area contributed by atoms with Gasteiger partial charge in [-0.1, -0.05) is 0 Å². The highest BCUT2D eigenvalue weighted by atomic mass is 32.2. The molecule has 166 valence electrons. The first-order valence-electron chi connectivity index (χ1n) is 9.62. The maximum Gasteiger partial charge on any atom is 0.282 e. The molecule has 0 bridgehead atoms. The van der Waals surface area contributed by atoms with E-state index in [2.05, 4.69) is 30.1 Å². The van der Waals surface area contributed by atoms with E-state index in [1.54, 1.807) is 13.0 Å². The molecule has 0 saturated carbocycles. The van der Waals surface area contributed by atoms with Crippen LogP contribution in [0.3, 0.4) is 0 Å². The summed E-state index contributed by atoms with van der Waals surface area (Å²) in [5.74, 6) is 0.642. The highest BCUT2D eigenvalue weighted by Crippen LogP contribution is 2.24. The molecule has 0 amide bonds. The van der Waals surface area contributed by atoms with Gasteiger partial charge in [0, 0.05) is 37.8 Å². The summed E-state index contributed by atoms with van der Waals surface area (Å²) >= 11 is 0. The fraction of sp³-hybridized carbons (Fsp3) is 0.444. The third-order valence-electron chi connectivity index (χ3n) is 5.05. The molecular weight excluding hydrogens is 430 g/mol. The van der Waals surface area contributed by atoms with E-state index in [-0.39, 0.29) is 17.8 Å². The zero-order valence-corrected chi connectivity index (χ0v) is 17.7. The van der Waals surface area contributed by atoms with Gasteiger partial charge in [0.1, 0.15) is 23.5 Å². The van der Waals surface area contributed by atoms with Crippen molar-refractivity contribution in [3.8, 4) is 11.4 Å². The van der Waals surface area contributed by atoms with Crippen LogP contribution < -0.4 is 14.9 Å². The Bertz CT molecular complexity index is 1190. The summed E-state index contributed by atoms with van der Waals surface area (Å²) in [6.07, 6.45) is 1.36. The summed E-state index contributed by atoms with van der Waals surface area (Å²) in [5, 5.41) is 7.29. The average Bonchev–Trinajstić information content (AvgIpc) is 3.16. The SMILES string of the molecule is CC(NS(C)(=O)=O)C1CN(c2cc(-c3cnc4ccc(C(F)F)nn34)ncn2)CCN1. The van der Waals surface area contributed by atoms with Crippen LogP contribution in [0.1, 0.15) is 19.0 Å². The summed E-state index contributed by atoms with van der Waals surface area (Å²) in [4.78, 5) is 14.9. The van der Waals surface area contributed by atoms with Gasteiger partial charge in [-0.25, -0.2) is 41.4 Å². The highest BCUT2D eigenvalue weighted by Gasteiger charge is 2.27. The minimum absolute atomic E-state index is 0.118. The Morgan fingerprint density at radius 1 is 1.26 bits per heavy atom. The Labute approximate surface area is 177 Å². The lowest BCUT2D eigenvalue weighted by atomic mass is 10.1. The van der Waals surface area contributed by atoms with Crippen LogP contribution in [-0.4, -0.2) is 71.0 Å². The molecule has 4 heterocycles. The van der Waals surface area contributed by atoms with Crippen molar-refractivity contribution in [1.29, 1.82) is 0 Å². The molecule has 1 aliphatic heterocycles. The average molecular weight is 452 g/mol. The Hall–Kier alpha value is -2.77. The zero-order chi connectivity index (χ0) is 22.2.